The van der Waals surface area contributed by atoms with Gasteiger partial charge < -0.3 is 15.4 Å². The van der Waals surface area contributed by atoms with E-state index in [1.807, 2.05) is 24.3 Å². The maximum atomic E-state index is 12.2. The van der Waals surface area contributed by atoms with E-state index in [0.29, 0.717) is 12.1 Å². The Bertz CT molecular complexity index is 667. The van der Waals surface area contributed by atoms with Crippen molar-refractivity contribution < 1.29 is 14.7 Å². The van der Waals surface area contributed by atoms with E-state index in [-0.39, 0.29) is 18.2 Å². The first-order chi connectivity index (χ1) is 10.1. The van der Waals surface area contributed by atoms with Crippen LogP contribution in [0.4, 0.5) is 0 Å². The van der Waals surface area contributed by atoms with Crippen molar-refractivity contribution in [2.75, 3.05) is 0 Å². The standard InChI is InChI=1S/C15H15N3O3/c19-14(12-5-9-3-1-2-4-11(9)12)18-13(15(20)21)6-10-7-16-8-17-10/h1-4,7-8,12-13H,5-6H2,(H,16,17)(H,18,19)(H,20,21). The molecule has 2 aromatic rings. The van der Waals surface area contributed by atoms with Gasteiger partial charge in [-0.3, -0.25) is 4.79 Å². The molecule has 0 saturated carbocycles. The van der Waals surface area contributed by atoms with Crippen LogP contribution in [-0.4, -0.2) is 33.0 Å². The highest BCUT2D eigenvalue weighted by Crippen LogP contribution is 2.34. The van der Waals surface area contributed by atoms with Crippen molar-refractivity contribution in [2.45, 2.75) is 24.8 Å². The number of hydrogen-bond acceptors (Lipinski definition) is 3. The molecule has 3 rings (SSSR count). The SMILES string of the molecule is O=C(O)C(Cc1cnc[nH]1)NC(=O)C1Cc2ccccc21. The number of aliphatic carboxylic acids is 1. The Labute approximate surface area is 121 Å². The van der Waals surface area contributed by atoms with E-state index in [4.69, 9.17) is 0 Å². The number of fused-ring (bicyclic) bond motifs is 1. The molecule has 1 amide bonds. The van der Waals surface area contributed by atoms with Gasteiger partial charge in [0.15, 0.2) is 0 Å². The first kappa shape index (κ1) is 13.4. The zero-order valence-corrected chi connectivity index (χ0v) is 11.2. The van der Waals surface area contributed by atoms with Crippen LogP contribution >= 0.6 is 0 Å². The third-order valence-corrected chi connectivity index (χ3v) is 3.76. The monoisotopic (exact) mass is 285 g/mol. The Balaban J connectivity index is 1.67. The summed E-state index contributed by atoms with van der Waals surface area (Å²) < 4.78 is 0. The molecule has 6 nitrogen and oxygen atoms in total. The zero-order chi connectivity index (χ0) is 14.8. The molecule has 0 bridgehead atoms. The van der Waals surface area contributed by atoms with Crippen molar-refractivity contribution in [1.29, 1.82) is 0 Å². The first-order valence-electron chi connectivity index (χ1n) is 6.73. The van der Waals surface area contributed by atoms with Crippen LogP contribution in [0.25, 0.3) is 0 Å². The summed E-state index contributed by atoms with van der Waals surface area (Å²) in [5.41, 5.74) is 2.82. The fraction of sp³-hybridized carbons (Fsp3) is 0.267. The van der Waals surface area contributed by atoms with E-state index >= 15 is 0 Å². The molecule has 0 saturated heterocycles. The highest BCUT2D eigenvalue weighted by molar-refractivity contribution is 5.90. The maximum Gasteiger partial charge on any atom is 0.326 e. The number of nitrogens with one attached hydrogen (secondary N) is 2. The predicted molar refractivity (Wildman–Crippen MR) is 74.7 cm³/mol. The topological polar surface area (TPSA) is 95.1 Å². The minimum absolute atomic E-state index is 0.190. The fourth-order valence-corrected chi connectivity index (χ4v) is 2.58. The summed E-state index contributed by atoms with van der Waals surface area (Å²) in [7, 11) is 0. The second-order valence-corrected chi connectivity index (χ2v) is 5.14. The number of carbonyl (C=O) groups excluding carboxylic acids is 1. The quantitative estimate of drug-likeness (QED) is 0.759. The summed E-state index contributed by atoms with van der Waals surface area (Å²) in [5.74, 6) is -1.53. The van der Waals surface area contributed by atoms with Gasteiger partial charge in [0.2, 0.25) is 5.91 Å². The molecule has 0 aliphatic heterocycles. The van der Waals surface area contributed by atoms with E-state index in [9.17, 15) is 14.7 Å². The lowest BCUT2D eigenvalue weighted by atomic mass is 9.77. The predicted octanol–water partition coefficient (Wildman–Crippen LogP) is 0.861. The van der Waals surface area contributed by atoms with Crippen LogP contribution in [0.3, 0.4) is 0 Å². The van der Waals surface area contributed by atoms with Crippen molar-refractivity contribution in [3.05, 3.63) is 53.6 Å². The second-order valence-electron chi connectivity index (χ2n) is 5.14. The van der Waals surface area contributed by atoms with Gasteiger partial charge in [0, 0.05) is 18.3 Å². The van der Waals surface area contributed by atoms with Crippen LogP contribution in [-0.2, 0) is 22.4 Å². The molecule has 108 valence electrons. The summed E-state index contributed by atoms with van der Waals surface area (Å²) in [6.07, 6.45) is 3.90. The summed E-state index contributed by atoms with van der Waals surface area (Å²) in [4.78, 5) is 30.2. The number of aromatic amines is 1. The van der Waals surface area contributed by atoms with Crippen LogP contribution in [0.15, 0.2) is 36.8 Å². The molecular formula is C15H15N3O3. The minimum atomic E-state index is -1.05. The second kappa shape index (κ2) is 5.40. The molecule has 3 N–H and O–H groups in total. The van der Waals surface area contributed by atoms with Crippen molar-refractivity contribution in [2.24, 2.45) is 0 Å². The van der Waals surface area contributed by atoms with Crippen molar-refractivity contribution in [1.82, 2.24) is 15.3 Å². The number of nitrogens with zero attached hydrogens (tertiary/aromatic N) is 1. The highest BCUT2D eigenvalue weighted by atomic mass is 16.4. The number of carbonyl (C=O) groups is 2. The number of carboxylic acid groups (broad SMARTS) is 1. The van der Waals surface area contributed by atoms with E-state index in [1.165, 1.54) is 6.33 Å². The van der Waals surface area contributed by atoms with Crippen LogP contribution in [0.5, 0.6) is 0 Å². The van der Waals surface area contributed by atoms with E-state index in [2.05, 4.69) is 15.3 Å². The highest BCUT2D eigenvalue weighted by Gasteiger charge is 2.34. The molecule has 1 aliphatic rings. The van der Waals surface area contributed by atoms with Gasteiger partial charge in [-0.25, -0.2) is 9.78 Å². The number of amides is 1. The number of imidazole rings is 1. The molecule has 1 aliphatic carbocycles. The molecule has 1 heterocycles. The van der Waals surface area contributed by atoms with Crippen molar-refractivity contribution in [3.8, 4) is 0 Å². The van der Waals surface area contributed by atoms with Crippen LogP contribution in [0.1, 0.15) is 22.7 Å². The Hall–Kier alpha value is -2.63. The molecule has 2 unspecified atom stereocenters. The summed E-state index contributed by atoms with van der Waals surface area (Å²) in [5, 5.41) is 11.9. The van der Waals surface area contributed by atoms with E-state index in [1.54, 1.807) is 6.20 Å². The van der Waals surface area contributed by atoms with E-state index in [0.717, 1.165) is 11.1 Å². The Morgan fingerprint density at radius 2 is 2.24 bits per heavy atom. The van der Waals surface area contributed by atoms with Crippen LogP contribution in [0.2, 0.25) is 0 Å². The lowest BCUT2D eigenvalue weighted by Crippen LogP contribution is -2.46. The van der Waals surface area contributed by atoms with Gasteiger partial charge in [-0.2, -0.15) is 0 Å². The smallest absolute Gasteiger partial charge is 0.326 e. The normalized spacial score (nSPS) is 17.4. The third-order valence-electron chi connectivity index (χ3n) is 3.76. The largest absolute Gasteiger partial charge is 0.480 e. The fourth-order valence-electron chi connectivity index (χ4n) is 2.58. The lowest BCUT2D eigenvalue weighted by Gasteiger charge is -2.30. The molecule has 0 spiro atoms. The number of hydrogen-bond donors (Lipinski definition) is 3. The van der Waals surface area contributed by atoms with Crippen molar-refractivity contribution >= 4 is 11.9 Å². The van der Waals surface area contributed by atoms with Crippen LogP contribution < -0.4 is 5.32 Å². The van der Waals surface area contributed by atoms with Gasteiger partial charge in [-0.1, -0.05) is 24.3 Å². The van der Waals surface area contributed by atoms with Gasteiger partial charge in [0.25, 0.3) is 0 Å². The third kappa shape index (κ3) is 2.65. The number of aromatic nitrogens is 2. The van der Waals surface area contributed by atoms with E-state index < -0.39 is 12.0 Å². The first-order valence-corrected chi connectivity index (χ1v) is 6.73. The number of H-pyrrole nitrogens is 1. The van der Waals surface area contributed by atoms with Crippen molar-refractivity contribution in [3.63, 3.8) is 0 Å². The summed E-state index contributed by atoms with van der Waals surface area (Å²) in [6.45, 7) is 0. The number of carboxylic acids is 1. The van der Waals surface area contributed by atoms with Gasteiger partial charge in [-0.05, 0) is 17.5 Å². The molecule has 2 atom stereocenters. The zero-order valence-electron chi connectivity index (χ0n) is 11.2. The summed E-state index contributed by atoms with van der Waals surface area (Å²) in [6, 6.07) is 6.76. The van der Waals surface area contributed by atoms with Gasteiger partial charge in [0.1, 0.15) is 6.04 Å². The average Bonchev–Trinajstić information content (AvgIpc) is 2.92. The molecular weight excluding hydrogens is 270 g/mol. The summed E-state index contributed by atoms with van der Waals surface area (Å²) >= 11 is 0. The molecule has 0 radical (unpaired) electrons. The number of benzene rings is 1. The number of rotatable bonds is 5. The maximum absolute atomic E-state index is 12.2. The molecule has 21 heavy (non-hydrogen) atoms. The molecule has 1 aromatic carbocycles. The Morgan fingerprint density at radius 1 is 1.43 bits per heavy atom. The Morgan fingerprint density at radius 3 is 2.90 bits per heavy atom. The lowest BCUT2D eigenvalue weighted by molar-refractivity contribution is -0.142. The van der Waals surface area contributed by atoms with Gasteiger partial charge in [-0.15, -0.1) is 0 Å². The minimum Gasteiger partial charge on any atom is -0.480 e. The van der Waals surface area contributed by atoms with Gasteiger partial charge >= 0.3 is 5.97 Å². The molecule has 0 fully saturated rings. The van der Waals surface area contributed by atoms with Gasteiger partial charge in [0.05, 0.1) is 12.2 Å². The van der Waals surface area contributed by atoms with Crippen LogP contribution in [0, 0.1) is 0 Å². The Kier molecular flexibility index (Phi) is 3.43. The average molecular weight is 285 g/mol. The molecule has 1 aromatic heterocycles. The molecule has 6 heteroatoms.